The highest BCUT2D eigenvalue weighted by molar-refractivity contribution is 5.90. The minimum absolute atomic E-state index is 0.268. The molecule has 0 atom stereocenters. The van der Waals surface area contributed by atoms with Crippen LogP contribution < -0.4 is 0 Å². The number of hydroxylamine groups is 1. The molecule has 0 aliphatic heterocycles. The van der Waals surface area contributed by atoms with Crippen molar-refractivity contribution in [2.75, 3.05) is 13.2 Å². The topological polar surface area (TPSA) is 78.7 Å². The number of carbonyl (C=O) groups excluding carboxylic acids is 2. The lowest BCUT2D eigenvalue weighted by atomic mass is 10.1. The van der Waals surface area contributed by atoms with Crippen molar-refractivity contribution < 1.29 is 23.8 Å². The van der Waals surface area contributed by atoms with Crippen molar-refractivity contribution in [3.8, 4) is 0 Å². The first-order valence-electron chi connectivity index (χ1n) is 9.79. The molecule has 0 bridgehead atoms. The summed E-state index contributed by atoms with van der Waals surface area (Å²) in [5, 5.41) is 13.0. The van der Waals surface area contributed by atoms with Crippen LogP contribution in [0.25, 0.3) is 0 Å². The summed E-state index contributed by atoms with van der Waals surface area (Å²) in [7, 11) is 0. The molecule has 3 aromatic rings. The van der Waals surface area contributed by atoms with E-state index in [0.29, 0.717) is 21.4 Å². The van der Waals surface area contributed by atoms with E-state index < -0.39 is 17.5 Å². The van der Waals surface area contributed by atoms with Crippen LogP contribution in [0.3, 0.4) is 0 Å². The number of nitrogens with zero attached hydrogens (tertiary/aromatic N) is 1. The quantitative estimate of drug-likeness (QED) is 0.181. The SMILES string of the molecule is CC(COC(=O)c1ccccc1)(COC(=O)c1ccccc1)[N+]([O-])=Cc1ccccc1. The van der Waals surface area contributed by atoms with Crippen LogP contribution in [-0.4, -0.2) is 41.6 Å². The Morgan fingerprint density at radius 3 is 1.58 bits per heavy atom. The summed E-state index contributed by atoms with van der Waals surface area (Å²) in [5.41, 5.74) is 0.0868. The largest absolute Gasteiger partial charge is 0.623 e. The number of benzene rings is 3. The van der Waals surface area contributed by atoms with Gasteiger partial charge in [0, 0.05) is 12.5 Å². The van der Waals surface area contributed by atoms with Crippen LogP contribution in [-0.2, 0) is 9.47 Å². The maximum Gasteiger partial charge on any atom is 0.338 e. The smallest absolute Gasteiger partial charge is 0.338 e. The molecule has 6 nitrogen and oxygen atoms in total. The highest BCUT2D eigenvalue weighted by Crippen LogP contribution is 2.15. The van der Waals surface area contributed by atoms with Crippen molar-refractivity contribution in [2.24, 2.45) is 0 Å². The molecule has 0 heterocycles. The Hall–Kier alpha value is -3.93. The molecule has 0 aromatic heterocycles. The molecule has 0 saturated heterocycles. The van der Waals surface area contributed by atoms with Crippen LogP contribution in [0.1, 0.15) is 33.2 Å². The fourth-order valence-electron chi connectivity index (χ4n) is 2.76. The van der Waals surface area contributed by atoms with Gasteiger partial charge in [-0.2, -0.15) is 4.74 Å². The van der Waals surface area contributed by atoms with Gasteiger partial charge in [0.25, 0.3) is 0 Å². The van der Waals surface area contributed by atoms with E-state index in [9.17, 15) is 14.8 Å². The number of rotatable bonds is 8. The second kappa shape index (κ2) is 10.2. The third-order valence-corrected chi connectivity index (χ3v) is 4.65. The minimum Gasteiger partial charge on any atom is -0.623 e. The summed E-state index contributed by atoms with van der Waals surface area (Å²) < 4.78 is 11.5. The summed E-state index contributed by atoms with van der Waals surface area (Å²) >= 11 is 0. The molecule has 0 fully saturated rings. The van der Waals surface area contributed by atoms with Gasteiger partial charge in [0.05, 0.1) is 11.1 Å². The van der Waals surface area contributed by atoms with E-state index in [4.69, 9.17) is 9.47 Å². The zero-order chi connectivity index (χ0) is 22.1. The lowest BCUT2D eigenvalue weighted by Gasteiger charge is -2.27. The van der Waals surface area contributed by atoms with E-state index in [1.807, 2.05) is 18.2 Å². The van der Waals surface area contributed by atoms with E-state index in [2.05, 4.69) is 0 Å². The van der Waals surface area contributed by atoms with Crippen LogP contribution in [0.2, 0.25) is 0 Å². The Morgan fingerprint density at radius 2 is 1.16 bits per heavy atom. The molecule has 6 heteroatoms. The molecular formula is C25H23NO5. The van der Waals surface area contributed by atoms with E-state index in [-0.39, 0.29) is 13.2 Å². The Bertz CT molecular complexity index is 978. The van der Waals surface area contributed by atoms with E-state index >= 15 is 0 Å². The fraction of sp³-hybridized carbons (Fsp3) is 0.160. The van der Waals surface area contributed by atoms with E-state index in [0.717, 1.165) is 0 Å². The number of esters is 2. The molecule has 31 heavy (non-hydrogen) atoms. The van der Waals surface area contributed by atoms with Crippen LogP contribution in [0.15, 0.2) is 91.0 Å². The summed E-state index contributed by atoms with van der Waals surface area (Å²) in [4.78, 5) is 24.7. The average molecular weight is 417 g/mol. The van der Waals surface area contributed by atoms with Gasteiger partial charge in [-0.1, -0.05) is 54.6 Å². The third-order valence-electron chi connectivity index (χ3n) is 4.65. The van der Waals surface area contributed by atoms with Gasteiger partial charge in [-0.25, -0.2) is 9.59 Å². The molecule has 158 valence electrons. The first-order chi connectivity index (χ1) is 15.0. The summed E-state index contributed by atoms with van der Waals surface area (Å²) in [6, 6.07) is 26.0. The Balaban J connectivity index is 1.77. The van der Waals surface area contributed by atoms with Crippen LogP contribution in [0, 0.1) is 5.21 Å². The Kier molecular flexibility index (Phi) is 7.17. The first kappa shape index (κ1) is 21.8. The molecule has 0 radical (unpaired) electrons. The van der Waals surface area contributed by atoms with Crippen LogP contribution in [0.5, 0.6) is 0 Å². The lowest BCUT2D eigenvalue weighted by Crippen LogP contribution is -2.47. The predicted octanol–water partition coefficient (Wildman–Crippen LogP) is 4.09. The zero-order valence-electron chi connectivity index (χ0n) is 17.1. The minimum atomic E-state index is -1.33. The maximum absolute atomic E-state index is 13.0. The number of carbonyl (C=O) groups is 2. The fourth-order valence-corrected chi connectivity index (χ4v) is 2.76. The maximum atomic E-state index is 13.0. The van der Waals surface area contributed by atoms with Crippen LogP contribution >= 0.6 is 0 Å². The summed E-state index contributed by atoms with van der Waals surface area (Å²) in [6.07, 6.45) is 1.38. The van der Waals surface area contributed by atoms with Gasteiger partial charge in [0.15, 0.2) is 19.4 Å². The second-order valence-electron chi connectivity index (χ2n) is 7.25. The highest BCUT2D eigenvalue weighted by atomic mass is 16.6. The molecule has 0 amide bonds. The van der Waals surface area contributed by atoms with Gasteiger partial charge in [-0.05, 0) is 36.4 Å². The standard InChI is InChI=1S/C25H23NO5/c1-25(26(29)17-20-11-5-2-6-12-20,18-30-23(27)21-13-7-3-8-14-21)19-31-24(28)22-15-9-4-10-16-22/h2-17H,18-19H2,1H3. The monoisotopic (exact) mass is 417 g/mol. The van der Waals surface area contributed by atoms with Gasteiger partial charge in [-0.3, -0.25) is 0 Å². The molecule has 0 N–H and O–H groups in total. The van der Waals surface area contributed by atoms with Crippen molar-refractivity contribution in [3.63, 3.8) is 0 Å². The predicted molar refractivity (Wildman–Crippen MR) is 117 cm³/mol. The molecular weight excluding hydrogens is 394 g/mol. The van der Waals surface area contributed by atoms with Crippen molar-refractivity contribution >= 4 is 18.2 Å². The van der Waals surface area contributed by atoms with Gasteiger partial charge >= 0.3 is 11.9 Å². The summed E-state index contributed by atoms with van der Waals surface area (Å²) in [6.45, 7) is 1.04. The van der Waals surface area contributed by atoms with Crippen molar-refractivity contribution in [2.45, 2.75) is 12.5 Å². The second-order valence-corrected chi connectivity index (χ2v) is 7.25. The molecule has 0 aliphatic rings. The van der Waals surface area contributed by atoms with Crippen molar-refractivity contribution in [1.29, 1.82) is 0 Å². The third kappa shape index (κ3) is 6.02. The number of hydrogen-bond donors (Lipinski definition) is 0. The van der Waals surface area contributed by atoms with Gasteiger partial charge in [0.2, 0.25) is 5.54 Å². The van der Waals surface area contributed by atoms with Gasteiger partial charge in [0.1, 0.15) is 0 Å². The first-order valence-corrected chi connectivity index (χ1v) is 9.79. The Labute approximate surface area is 181 Å². The summed E-state index contributed by atoms with van der Waals surface area (Å²) in [5.74, 6) is -1.12. The molecule has 0 aliphatic carbocycles. The van der Waals surface area contributed by atoms with E-state index in [1.54, 1.807) is 79.7 Å². The van der Waals surface area contributed by atoms with Crippen molar-refractivity contribution in [3.05, 3.63) is 113 Å². The number of hydrogen-bond acceptors (Lipinski definition) is 5. The van der Waals surface area contributed by atoms with Crippen LogP contribution in [0.4, 0.5) is 0 Å². The number of ether oxygens (including phenoxy) is 2. The molecule has 0 unspecified atom stereocenters. The molecule has 0 saturated carbocycles. The molecule has 3 aromatic carbocycles. The van der Waals surface area contributed by atoms with Gasteiger partial charge < -0.3 is 14.7 Å². The normalized spacial score (nSPS) is 11.6. The van der Waals surface area contributed by atoms with Gasteiger partial charge in [-0.15, -0.1) is 0 Å². The molecule has 0 spiro atoms. The molecule has 3 rings (SSSR count). The lowest BCUT2D eigenvalue weighted by molar-refractivity contribution is -0.547. The van der Waals surface area contributed by atoms with Crippen molar-refractivity contribution in [1.82, 2.24) is 0 Å². The average Bonchev–Trinajstić information content (AvgIpc) is 2.82. The van der Waals surface area contributed by atoms with E-state index in [1.165, 1.54) is 6.21 Å². The Morgan fingerprint density at radius 1 is 0.774 bits per heavy atom. The zero-order valence-corrected chi connectivity index (χ0v) is 17.1. The highest BCUT2D eigenvalue weighted by Gasteiger charge is 2.37.